The van der Waals surface area contributed by atoms with Crippen LogP contribution in [-0.2, 0) is 10.5 Å². The molecule has 0 heterocycles. The number of anilines is 1. The Morgan fingerprint density at radius 3 is 2.73 bits per heavy atom. The van der Waals surface area contributed by atoms with Gasteiger partial charge in [0.2, 0.25) is 5.91 Å². The molecule has 0 bridgehead atoms. The van der Waals surface area contributed by atoms with Gasteiger partial charge in [-0.25, -0.2) is 0 Å². The third kappa shape index (κ3) is 4.32. The van der Waals surface area contributed by atoms with Crippen LogP contribution < -0.4 is 10.1 Å². The SMILES string of the molecule is COc1cc(Cl)c(C)cc1NC(=O)CSCc1cccc2ccccc12. The summed E-state index contributed by atoms with van der Waals surface area (Å²) in [5, 5.41) is 5.98. The number of fused-ring (bicyclic) bond motifs is 1. The van der Waals surface area contributed by atoms with Crippen molar-refractivity contribution in [1.29, 1.82) is 0 Å². The van der Waals surface area contributed by atoms with E-state index in [9.17, 15) is 4.79 Å². The van der Waals surface area contributed by atoms with Crippen LogP contribution in [0.5, 0.6) is 5.75 Å². The molecular formula is C21H20ClNO2S. The van der Waals surface area contributed by atoms with E-state index in [4.69, 9.17) is 16.3 Å². The lowest BCUT2D eigenvalue weighted by Crippen LogP contribution is -2.15. The van der Waals surface area contributed by atoms with Gasteiger partial charge in [-0.05, 0) is 34.9 Å². The van der Waals surface area contributed by atoms with Crippen molar-refractivity contribution < 1.29 is 9.53 Å². The first-order chi connectivity index (χ1) is 12.6. The van der Waals surface area contributed by atoms with E-state index in [0.717, 1.165) is 11.3 Å². The van der Waals surface area contributed by atoms with Crippen LogP contribution in [0.3, 0.4) is 0 Å². The molecule has 0 radical (unpaired) electrons. The molecule has 3 rings (SSSR count). The Balaban J connectivity index is 1.62. The van der Waals surface area contributed by atoms with Crippen LogP contribution in [0.15, 0.2) is 54.6 Å². The van der Waals surface area contributed by atoms with E-state index < -0.39 is 0 Å². The Hall–Kier alpha value is -2.17. The smallest absolute Gasteiger partial charge is 0.234 e. The second-order valence-electron chi connectivity index (χ2n) is 5.98. The molecule has 0 spiro atoms. The fourth-order valence-electron chi connectivity index (χ4n) is 2.79. The number of nitrogens with one attached hydrogen (secondary N) is 1. The second kappa shape index (κ2) is 8.47. The van der Waals surface area contributed by atoms with Crippen molar-refractivity contribution in [3.05, 3.63) is 70.7 Å². The average Bonchev–Trinajstić information content (AvgIpc) is 2.64. The number of benzene rings is 3. The van der Waals surface area contributed by atoms with E-state index >= 15 is 0 Å². The van der Waals surface area contributed by atoms with Crippen LogP contribution in [0, 0.1) is 6.92 Å². The summed E-state index contributed by atoms with van der Waals surface area (Å²) in [4.78, 5) is 12.3. The molecule has 0 saturated heterocycles. The zero-order chi connectivity index (χ0) is 18.5. The second-order valence-corrected chi connectivity index (χ2v) is 7.37. The number of amides is 1. The lowest BCUT2D eigenvalue weighted by molar-refractivity contribution is -0.113. The van der Waals surface area contributed by atoms with Crippen LogP contribution in [-0.4, -0.2) is 18.8 Å². The van der Waals surface area contributed by atoms with Gasteiger partial charge in [0.05, 0.1) is 18.6 Å². The van der Waals surface area contributed by atoms with Crippen LogP contribution in [0.4, 0.5) is 5.69 Å². The first-order valence-corrected chi connectivity index (χ1v) is 9.80. The molecule has 1 amide bonds. The van der Waals surface area contributed by atoms with Gasteiger partial charge in [-0.2, -0.15) is 0 Å². The first-order valence-electron chi connectivity index (χ1n) is 8.27. The molecule has 0 aliphatic carbocycles. The van der Waals surface area contributed by atoms with E-state index in [1.165, 1.54) is 16.3 Å². The Bertz CT molecular complexity index is 937. The Morgan fingerprint density at radius 1 is 1.15 bits per heavy atom. The number of halogens is 1. The van der Waals surface area contributed by atoms with Gasteiger partial charge in [-0.3, -0.25) is 4.79 Å². The predicted octanol–water partition coefficient (Wildman–Crippen LogP) is 5.68. The number of ether oxygens (including phenoxy) is 1. The van der Waals surface area contributed by atoms with E-state index in [1.54, 1.807) is 24.9 Å². The van der Waals surface area contributed by atoms with E-state index in [1.807, 2.05) is 25.1 Å². The first kappa shape index (κ1) is 18.6. The molecule has 0 saturated carbocycles. The fraction of sp³-hybridized carbons (Fsp3) is 0.190. The third-order valence-electron chi connectivity index (χ3n) is 4.13. The lowest BCUT2D eigenvalue weighted by Gasteiger charge is -2.12. The van der Waals surface area contributed by atoms with Crippen LogP contribution in [0.1, 0.15) is 11.1 Å². The maximum atomic E-state index is 12.3. The number of carbonyl (C=O) groups excluding carboxylic acids is 1. The zero-order valence-corrected chi connectivity index (χ0v) is 16.3. The van der Waals surface area contributed by atoms with Crippen molar-refractivity contribution in [2.45, 2.75) is 12.7 Å². The molecule has 0 aliphatic rings. The maximum absolute atomic E-state index is 12.3. The number of thioether (sulfide) groups is 1. The van der Waals surface area contributed by atoms with Gasteiger partial charge in [0, 0.05) is 16.8 Å². The molecule has 0 atom stereocenters. The maximum Gasteiger partial charge on any atom is 0.234 e. The molecule has 3 nitrogen and oxygen atoms in total. The Kier molecular flexibility index (Phi) is 6.07. The molecular weight excluding hydrogens is 366 g/mol. The summed E-state index contributed by atoms with van der Waals surface area (Å²) in [6, 6.07) is 18.1. The third-order valence-corrected chi connectivity index (χ3v) is 5.51. The highest BCUT2D eigenvalue weighted by Gasteiger charge is 2.11. The van der Waals surface area contributed by atoms with Gasteiger partial charge in [0.15, 0.2) is 0 Å². The molecule has 3 aromatic carbocycles. The topological polar surface area (TPSA) is 38.3 Å². The fourth-order valence-corrected chi connectivity index (χ4v) is 3.77. The van der Waals surface area contributed by atoms with E-state index in [2.05, 4.69) is 35.6 Å². The molecule has 5 heteroatoms. The molecule has 1 N–H and O–H groups in total. The molecule has 3 aromatic rings. The summed E-state index contributed by atoms with van der Waals surface area (Å²) in [5.41, 5.74) is 2.78. The minimum absolute atomic E-state index is 0.0599. The van der Waals surface area contributed by atoms with E-state index in [-0.39, 0.29) is 5.91 Å². The summed E-state index contributed by atoms with van der Waals surface area (Å²) >= 11 is 7.69. The summed E-state index contributed by atoms with van der Waals surface area (Å²) in [5.74, 6) is 1.66. The molecule has 0 unspecified atom stereocenters. The number of hydrogen-bond donors (Lipinski definition) is 1. The molecule has 134 valence electrons. The van der Waals surface area contributed by atoms with Crippen molar-refractivity contribution in [3.63, 3.8) is 0 Å². The van der Waals surface area contributed by atoms with Gasteiger partial charge in [-0.1, -0.05) is 54.1 Å². The number of aryl methyl sites for hydroxylation is 1. The zero-order valence-electron chi connectivity index (χ0n) is 14.7. The molecule has 0 aliphatic heterocycles. The highest BCUT2D eigenvalue weighted by atomic mass is 35.5. The monoisotopic (exact) mass is 385 g/mol. The number of carbonyl (C=O) groups is 1. The van der Waals surface area contributed by atoms with Gasteiger partial charge < -0.3 is 10.1 Å². The van der Waals surface area contributed by atoms with Crippen LogP contribution in [0.2, 0.25) is 5.02 Å². The van der Waals surface area contributed by atoms with Crippen LogP contribution >= 0.6 is 23.4 Å². The van der Waals surface area contributed by atoms with Crippen molar-refractivity contribution in [3.8, 4) is 5.75 Å². The van der Waals surface area contributed by atoms with Gasteiger partial charge >= 0.3 is 0 Å². The van der Waals surface area contributed by atoms with Crippen molar-refractivity contribution >= 4 is 45.7 Å². The number of hydrogen-bond acceptors (Lipinski definition) is 3. The van der Waals surface area contributed by atoms with Crippen molar-refractivity contribution in [2.24, 2.45) is 0 Å². The minimum Gasteiger partial charge on any atom is -0.495 e. The number of rotatable bonds is 6. The van der Waals surface area contributed by atoms with Gasteiger partial charge in [0.1, 0.15) is 5.75 Å². The quantitative estimate of drug-likeness (QED) is 0.593. The lowest BCUT2D eigenvalue weighted by atomic mass is 10.1. The summed E-state index contributed by atoms with van der Waals surface area (Å²) in [6.45, 7) is 1.90. The Labute approximate surface area is 162 Å². The standard InChI is InChI=1S/C21H20ClNO2S/c1-14-10-19(20(25-2)11-18(14)22)23-21(24)13-26-12-16-8-5-7-15-6-3-4-9-17(15)16/h3-11H,12-13H2,1-2H3,(H,23,24). The Morgan fingerprint density at radius 2 is 1.92 bits per heavy atom. The molecule has 0 fully saturated rings. The van der Waals surface area contributed by atoms with Gasteiger partial charge in [-0.15, -0.1) is 11.8 Å². The normalized spacial score (nSPS) is 10.7. The highest BCUT2D eigenvalue weighted by Crippen LogP contribution is 2.31. The number of methoxy groups -OCH3 is 1. The summed E-state index contributed by atoms with van der Waals surface area (Å²) in [7, 11) is 1.56. The van der Waals surface area contributed by atoms with Crippen LogP contribution in [0.25, 0.3) is 10.8 Å². The van der Waals surface area contributed by atoms with Gasteiger partial charge in [0.25, 0.3) is 0 Å². The molecule has 0 aromatic heterocycles. The van der Waals surface area contributed by atoms with E-state index in [0.29, 0.717) is 22.2 Å². The molecule has 26 heavy (non-hydrogen) atoms. The largest absolute Gasteiger partial charge is 0.495 e. The summed E-state index contributed by atoms with van der Waals surface area (Å²) < 4.78 is 5.30. The van der Waals surface area contributed by atoms with Crippen molar-refractivity contribution in [1.82, 2.24) is 0 Å². The minimum atomic E-state index is -0.0599. The predicted molar refractivity (Wildman–Crippen MR) is 111 cm³/mol. The van der Waals surface area contributed by atoms with Crippen molar-refractivity contribution in [2.75, 3.05) is 18.2 Å². The average molecular weight is 386 g/mol. The summed E-state index contributed by atoms with van der Waals surface area (Å²) in [6.07, 6.45) is 0. The highest BCUT2D eigenvalue weighted by molar-refractivity contribution is 7.99.